The van der Waals surface area contributed by atoms with E-state index in [1.54, 1.807) is 11.8 Å². The van der Waals surface area contributed by atoms with E-state index < -0.39 is 24.1 Å². The van der Waals surface area contributed by atoms with Gasteiger partial charge in [-0.2, -0.15) is 11.8 Å². The number of hydrogen-bond acceptors (Lipinski definition) is 5. The van der Waals surface area contributed by atoms with E-state index in [0.29, 0.717) is 18.7 Å². The number of nitrogens with two attached hydrogens (primary N) is 1. The SMILES string of the molecule is CSCCC(NC(N)=O)C(=O)N1CCOC(CC(=O)O)C1. The van der Waals surface area contributed by atoms with E-state index >= 15 is 0 Å². The predicted octanol–water partition coefficient (Wildman–Crippen LogP) is -0.521. The standard InChI is InChI=1S/C12H21N3O5S/c1-21-5-2-9(14-12(13)19)11(18)15-3-4-20-8(7-15)6-10(16)17/h8-9H,2-7H2,1H3,(H,16,17)(H3,13,14,19). The van der Waals surface area contributed by atoms with Crippen molar-refractivity contribution in [2.45, 2.75) is 25.0 Å². The number of thioether (sulfide) groups is 1. The minimum atomic E-state index is -0.969. The minimum Gasteiger partial charge on any atom is -0.481 e. The van der Waals surface area contributed by atoms with Crippen molar-refractivity contribution in [3.63, 3.8) is 0 Å². The largest absolute Gasteiger partial charge is 0.481 e. The molecule has 0 saturated carbocycles. The quantitative estimate of drug-likeness (QED) is 0.580. The molecule has 1 heterocycles. The van der Waals surface area contributed by atoms with Crippen LogP contribution in [0, 0.1) is 0 Å². The molecule has 21 heavy (non-hydrogen) atoms. The molecular weight excluding hydrogens is 298 g/mol. The molecule has 1 saturated heterocycles. The molecule has 0 radical (unpaired) electrons. The predicted molar refractivity (Wildman–Crippen MR) is 78.1 cm³/mol. The lowest BCUT2D eigenvalue weighted by Gasteiger charge is -2.34. The zero-order valence-corrected chi connectivity index (χ0v) is 12.7. The summed E-state index contributed by atoms with van der Waals surface area (Å²) in [6.07, 6.45) is 1.71. The third-order valence-corrected chi connectivity index (χ3v) is 3.72. The second kappa shape index (κ2) is 8.73. The van der Waals surface area contributed by atoms with Gasteiger partial charge in [-0.1, -0.05) is 0 Å². The van der Waals surface area contributed by atoms with Gasteiger partial charge in [0.25, 0.3) is 0 Å². The average molecular weight is 319 g/mol. The fraction of sp³-hybridized carbons (Fsp3) is 0.750. The van der Waals surface area contributed by atoms with Crippen LogP contribution >= 0.6 is 11.8 Å². The molecule has 1 rings (SSSR count). The summed E-state index contributed by atoms with van der Waals surface area (Å²) in [5.41, 5.74) is 5.10. The summed E-state index contributed by atoms with van der Waals surface area (Å²) in [6, 6.07) is -1.43. The van der Waals surface area contributed by atoms with Gasteiger partial charge in [-0.3, -0.25) is 9.59 Å². The van der Waals surface area contributed by atoms with Gasteiger partial charge in [0.05, 0.1) is 19.1 Å². The number of carboxylic acids is 1. The van der Waals surface area contributed by atoms with E-state index in [4.69, 9.17) is 15.6 Å². The number of morpholine rings is 1. The molecule has 0 aromatic carbocycles. The lowest BCUT2D eigenvalue weighted by molar-refractivity contribution is -0.148. The molecule has 0 aliphatic carbocycles. The summed E-state index contributed by atoms with van der Waals surface area (Å²) in [4.78, 5) is 35.6. The van der Waals surface area contributed by atoms with Crippen LogP contribution < -0.4 is 11.1 Å². The Morgan fingerprint density at radius 1 is 1.52 bits per heavy atom. The summed E-state index contributed by atoms with van der Waals surface area (Å²) in [5.74, 6) is -0.510. The minimum absolute atomic E-state index is 0.150. The molecule has 8 nitrogen and oxygen atoms in total. The van der Waals surface area contributed by atoms with Crippen molar-refractivity contribution >= 4 is 29.7 Å². The zero-order valence-electron chi connectivity index (χ0n) is 11.9. The first kappa shape index (κ1) is 17.6. The third kappa shape index (κ3) is 6.21. The highest BCUT2D eigenvalue weighted by molar-refractivity contribution is 7.98. The van der Waals surface area contributed by atoms with E-state index in [0.717, 1.165) is 0 Å². The number of aliphatic carboxylic acids is 1. The van der Waals surface area contributed by atoms with Gasteiger partial charge in [-0.05, 0) is 18.4 Å². The van der Waals surface area contributed by atoms with Crippen molar-refractivity contribution in [2.24, 2.45) is 5.73 Å². The van der Waals surface area contributed by atoms with Crippen molar-refractivity contribution in [1.29, 1.82) is 0 Å². The van der Waals surface area contributed by atoms with Crippen LogP contribution in [0.3, 0.4) is 0 Å². The number of rotatable bonds is 7. The summed E-state index contributed by atoms with van der Waals surface area (Å²) < 4.78 is 5.32. The van der Waals surface area contributed by atoms with Crippen LogP contribution in [0.2, 0.25) is 0 Å². The molecule has 1 fully saturated rings. The maximum Gasteiger partial charge on any atom is 0.312 e. The maximum absolute atomic E-state index is 12.4. The molecule has 0 aromatic heterocycles. The molecule has 9 heteroatoms. The Hall–Kier alpha value is -1.48. The first-order valence-corrected chi connectivity index (χ1v) is 8.00. The van der Waals surface area contributed by atoms with Gasteiger partial charge in [-0.15, -0.1) is 0 Å². The molecule has 1 aliphatic rings. The molecular formula is C12H21N3O5S. The van der Waals surface area contributed by atoms with E-state index in [9.17, 15) is 14.4 Å². The Bertz CT molecular complexity index is 393. The number of nitrogens with zero attached hydrogens (tertiary/aromatic N) is 1. The van der Waals surface area contributed by atoms with Crippen LogP contribution in [0.5, 0.6) is 0 Å². The van der Waals surface area contributed by atoms with E-state index in [1.165, 1.54) is 4.90 Å². The van der Waals surface area contributed by atoms with Crippen molar-refractivity contribution < 1.29 is 24.2 Å². The number of urea groups is 1. The lowest BCUT2D eigenvalue weighted by atomic mass is 10.1. The van der Waals surface area contributed by atoms with Gasteiger partial charge in [0.15, 0.2) is 0 Å². The number of nitrogens with one attached hydrogen (secondary N) is 1. The Morgan fingerprint density at radius 2 is 2.24 bits per heavy atom. The summed E-state index contributed by atoms with van der Waals surface area (Å²) in [5, 5.41) is 11.2. The number of carbonyl (C=O) groups is 3. The van der Waals surface area contributed by atoms with Crippen LogP contribution in [0.4, 0.5) is 4.79 Å². The fourth-order valence-corrected chi connectivity index (χ4v) is 2.59. The number of amides is 3. The highest BCUT2D eigenvalue weighted by atomic mass is 32.2. The average Bonchev–Trinajstić information content (AvgIpc) is 2.42. The number of carbonyl (C=O) groups excluding carboxylic acids is 2. The highest BCUT2D eigenvalue weighted by Crippen LogP contribution is 2.12. The van der Waals surface area contributed by atoms with Crippen molar-refractivity contribution in [3.05, 3.63) is 0 Å². The van der Waals surface area contributed by atoms with Gasteiger partial charge in [0, 0.05) is 13.1 Å². The van der Waals surface area contributed by atoms with Gasteiger partial charge in [0.1, 0.15) is 6.04 Å². The maximum atomic E-state index is 12.4. The molecule has 120 valence electrons. The van der Waals surface area contributed by atoms with Crippen LogP contribution in [-0.2, 0) is 14.3 Å². The molecule has 2 atom stereocenters. The van der Waals surface area contributed by atoms with E-state index in [1.807, 2.05) is 6.26 Å². The Balaban J connectivity index is 2.63. The normalized spacial score (nSPS) is 19.9. The van der Waals surface area contributed by atoms with Gasteiger partial charge in [-0.25, -0.2) is 4.79 Å². The molecule has 4 N–H and O–H groups in total. The number of primary amides is 1. The second-order valence-corrected chi connectivity index (χ2v) is 5.70. The molecule has 0 aromatic rings. The first-order chi connectivity index (χ1) is 9.93. The smallest absolute Gasteiger partial charge is 0.312 e. The van der Waals surface area contributed by atoms with Gasteiger partial charge in [0.2, 0.25) is 5.91 Å². The Morgan fingerprint density at radius 3 is 2.81 bits per heavy atom. The number of carboxylic acid groups (broad SMARTS) is 1. The highest BCUT2D eigenvalue weighted by Gasteiger charge is 2.30. The second-order valence-electron chi connectivity index (χ2n) is 4.72. The first-order valence-electron chi connectivity index (χ1n) is 6.61. The Kier molecular flexibility index (Phi) is 7.30. The van der Waals surface area contributed by atoms with Crippen LogP contribution in [0.25, 0.3) is 0 Å². The van der Waals surface area contributed by atoms with Crippen LogP contribution in [0.1, 0.15) is 12.8 Å². The van der Waals surface area contributed by atoms with Crippen LogP contribution in [-0.4, -0.2) is 71.8 Å². The molecule has 3 amide bonds. The monoisotopic (exact) mass is 319 g/mol. The van der Waals surface area contributed by atoms with E-state index in [-0.39, 0.29) is 25.5 Å². The van der Waals surface area contributed by atoms with E-state index in [2.05, 4.69) is 5.32 Å². The van der Waals surface area contributed by atoms with Gasteiger partial charge < -0.3 is 25.8 Å². The topological polar surface area (TPSA) is 122 Å². The Labute approximate surface area is 127 Å². The van der Waals surface area contributed by atoms with Crippen molar-refractivity contribution in [1.82, 2.24) is 10.2 Å². The lowest BCUT2D eigenvalue weighted by Crippen LogP contribution is -2.54. The van der Waals surface area contributed by atoms with Gasteiger partial charge >= 0.3 is 12.0 Å². The molecule has 0 bridgehead atoms. The summed E-state index contributed by atoms with van der Waals surface area (Å²) >= 11 is 1.56. The molecule has 0 spiro atoms. The molecule has 2 unspecified atom stereocenters. The number of hydrogen-bond donors (Lipinski definition) is 3. The molecule has 1 aliphatic heterocycles. The fourth-order valence-electron chi connectivity index (χ4n) is 2.12. The number of ether oxygens (including phenoxy) is 1. The summed E-state index contributed by atoms with van der Waals surface area (Å²) in [7, 11) is 0. The van der Waals surface area contributed by atoms with Crippen LogP contribution in [0.15, 0.2) is 0 Å². The third-order valence-electron chi connectivity index (χ3n) is 3.08. The zero-order chi connectivity index (χ0) is 15.8. The van der Waals surface area contributed by atoms with Crippen molar-refractivity contribution in [2.75, 3.05) is 31.7 Å². The van der Waals surface area contributed by atoms with Crippen molar-refractivity contribution in [3.8, 4) is 0 Å². The summed E-state index contributed by atoms with van der Waals surface area (Å²) in [6.45, 7) is 0.877.